The number of carbonyl (C=O) groups is 1. The number of hydrogen-bond acceptors (Lipinski definition) is 3. The number of amides is 1. The highest BCUT2D eigenvalue weighted by Gasteiger charge is 2.24. The van der Waals surface area contributed by atoms with Crippen molar-refractivity contribution in [1.82, 2.24) is 5.32 Å². The Hall–Kier alpha value is -0.390. The molecule has 0 aliphatic carbocycles. The van der Waals surface area contributed by atoms with Gasteiger partial charge >= 0.3 is 0 Å². The van der Waals surface area contributed by atoms with Gasteiger partial charge in [-0.25, -0.2) is 0 Å². The van der Waals surface area contributed by atoms with Gasteiger partial charge in [-0.2, -0.15) is 5.26 Å². The lowest BCUT2D eigenvalue weighted by molar-refractivity contribution is -0.915. The Morgan fingerprint density at radius 2 is 2.13 bits per heavy atom. The second-order valence-corrected chi connectivity index (χ2v) is 3.80. The van der Waals surface area contributed by atoms with E-state index in [0.717, 1.165) is 0 Å². The molecule has 1 amide bonds. The van der Waals surface area contributed by atoms with Crippen LogP contribution in [0.1, 0.15) is 13.3 Å². The Kier molecular flexibility index (Phi) is 8.90. The Balaban J connectivity index is 0. The Morgan fingerprint density at radius 3 is 2.53 bits per heavy atom. The fraction of sp³-hybridized carbons (Fsp3) is 0.778. The van der Waals surface area contributed by atoms with E-state index in [1.54, 1.807) is 6.07 Å². The molecule has 0 spiro atoms. The number of halogens is 1. The van der Waals surface area contributed by atoms with Crippen molar-refractivity contribution in [2.75, 3.05) is 27.2 Å². The van der Waals surface area contributed by atoms with Crippen molar-refractivity contribution in [2.24, 2.45) is 0 Å². The van der Waals surface area contributed by atoms with E-state index in [9.17, 15) is 4.79 Å². The number of nitrogens with zero attached hydrogens (tertiary/aromatic N) is 2. The van der Waals surface area contributed by atoms with Crippen molar-refractivity contribution in [3.8, 4) is 6.07 Å². The minimum atomic E-state index is -0.274. The van der Waals surface area contributed by atoms with Crippen LogP contribution in [0, 0.1) is 11.3 Å². The molecule has 0 fully saturated rings. The molecular weight excluding hydrogens is 309 g/mol. The standard InChI is InChI=1S/C9H17N3O2.HI/c1-8(11-9(14)4-5-10)12(2,3)6-7-13;/h8,13H,4,6-7H2,1-3H3;1H. The normalized spacial score (nSPS) is 12.2. The van der Waals surface area contributed by atoms with E-state index in [-0.39, 0.29) is 49.1 Å². The maximum absolute atomic E-state index is 11.1. The molecule has 0 rings (SSSR count). The Labute approximate surface area is 108 Å². The molecule has 0 aliphatic heterocycles. The first-order valence-corrected chi connectivity index (χ1v) is 4.54. The van der Waals surface area contributed by atoms with Crippen LogP contribution in [0.3, 0.4) is 0 Å². The van der Waals surface area contributed by atoms with Gasteiger partial charge in [0, 0.05) is 6.92 Å². The average Bonchev–Trinajstić information content (AvgIpc) is 2.04. The van der Waals surface area contributed by atoms with Crippen molar-refractivity contribution >= 4 is 5.91 Å². The number of hydrogen-bond donors (Lipinski definition) is 2. The topological polar surface area (TPSA) is 73.1 Å². The minimum absolute atomic E-state index is 0. The number of aliphatic hydroxyl groups is 1. The van der Waals surface area contributed by atoms with Crippen LogP contribution in [0.25, 0.3) is 0 Å². The predicted octanol–water partition coefficient (Wildman–Crippen LogP) is -3.57. The molecule has 0 saturated heterocycles. The summed E-state index contributed by atoms with van der Waals surface area (Å²) < 4.78 is 0.494. The zero-order chi connectivity index (χ0) is 11.2. The van der Waals surface area contributed by atoms with Crippen LogP contribution < -0.4 is 29.3 Å². The molecule has 6 heteroatoms. The van der Waals surface area contributed by atoms with Gasteiger partial charge in [0.15, 0.2) is 6.17 Å². The van der Waals surface area contributed by atoms with E-state index < -0.39 is 0 Å². The van der Waals surface area contributed by atoms with Crippen molar-refractivity contribution in [3.05, 3.63) is 0 Å². The zero-order valence-corrected chi connectivity index (χ0v) is 11.5. The number of rotatable bonds is 5. The molecular formula is C9H18IN3O2. The van der Waals surface area contributed by atoms with Gasteiger partial charge in [0.05, 0.1) is 26.8 Å². The summed E-state index contributed by atoms with van der Waals surface area (Å²) in [6.45, 7) is 2.49. The van der Waals surface area contributed by atoms with E-state index in [0.29, 0.717) is 11.0 Å². The summed E-state index contributed by atoms with van der Waals surface area (Å²) in [5.74, 6) is -0.274. The first-order chi connectivity index (χ1) is 6.44. The number of carbonyl (C=O) groups excluding carboxylic acids is 1. The number of quaternary nitrogens is 1. The summed E-state index contributed by atoms with van der Waals surface area (Å²) in [5, 5.41) is 19.8. The fourth-order valence-electron chi connectivity index (χ4n) is 0.982. The van der Waals surface area contributed by atoms with E-state index in [1.165, 1.54) is 0 Å². The van der Waals surface area contributed by atoms with Gasteiger partial charge in [-0.05, 0) is 0 Å². The van der Waals surface area contributed by atoms with E-state index >= 15 is 0 Å². The number of nitrogens with one attached hydrogen (secondary N) is 1. The number of nitriles is 1. The second-order valence-electron chi connectivity index (χ2n) is 3.80. The van der Waals surface area contributed by atoms with Crippen LogP contribution in [-0.4, -0.2) is 48.9 Å². The van der Waals surface area contributed by atoms with E-state index in [1.807, 2.05) is 21.0 Å². The van der Waals surface area contributed by atoms with E-state index in [2.05, 4.69) is 5.32 Å². The number of likely N-dealkylation sites (N-methyl/N-ethyl adjacent to an activating group) is 1. The summed E-state index contributed by atoms with van der Waals surface area (Å²) >= 11 is 0. The lowest BCUT2D eigenvalue weighted by Gasteiger charge is -2.35. The average molecular weight is 327 g/mol. The molecule has 1 atom stereocenters. The SMILES string of the molecule is CC(NC(=O)CC#N)[N+](C)(C)CCO.[I-]. The highest BCUT2D eigenvalue weighted by atomic mass is 127. The molecule has 5 nitrogen and oxygen atoms in total. The summed E-state index contributed by atoms with van der Waals surface area (Å²) in [7, 11) is 3.82. The summed E-state index contributed by atoms with van der Waals surface area (Å²) in [4.78, 5) is 11.1. The van der Waals surface area contributed by atoms with E-state index in [4.69, 9.17) is 10.4 Å². The van der Waals surface area contributed by atoms with Crippen LogP contribution in [0.15, 0.2) is 0 Å². The molecule has 0 aromatic heterocycles. The molecule has 0 aromatic carbocycles. The van der Waals surface area contributed by atoms with Crippen molar-refractivity contribution in [3.63, 3.8) is 0 Å². The largest absolute Gasteiger partial charge is 1.00 e. The molecule has 0 aromatic rings. The van der Waals surface area contributed by atoms with Crippen LogP contribution in [-0.2, 0) is 4.79 Å². The highest BCUT2D eigenvalue weighted by molar-refractivity contribution is 5.78. The zero-order valence-electron chi connectivity index (χ0n) is 9.33. The molecule has 0 heterocycles. The Morgan fingerprint density at radius 1 is 1.60 bits per heavy atom. The lowest BCUT2D eigenvalue weighted by Crippen LogP contribution is -3.00. The first kappa shape index (κ1) is 17.0. The van der Waals surface area contributed by atoms with Gasteiger partial charge in [-0.3, -0.25) is 4.79 Å². The smallest absolute Gasteiger partial charge is 0.238 e. The summed E-state index contributed by atoms with van der Waals surface area (Å²) in [6, 6.07) is 1.79. The van der Waals surface area contributed by atoms with Crippen molar-refractivity contribution in [2.45, 2.75) is 19.5 Å². The van der Waals surface area contributed by atoms with Crippen LogP contribution in [0.5, 0.6) is 0 Å². The first-order valence-electron chi connectivity index (χ1n) is 4.54. The van der Waals surface area contributed by atoms with Crippen molar-refractivity contribution < 1.29 is 38.4 Å². The summed E-state index contributed by atoms with van der Waals surface area (Å²) in [5.41, 5.74) is 0. The molecule has 0 bridgehead atoms. The predicted molar refractivity (Wildman–Crippen MR) is 51.9 cm³/mol. The molecule has 15 heavy (non-hydrogen) atoms. The minimum Gasteiger partial charge on any atom is -1.00 e. The van der Waals surface area contributed by atoms with Gasteiger partial charge in [0.1, 0.15) is 13.0 Å². The lowest BCUT2D eigenvalue weighted by atomic mass is 10.3. The summed E-state index contributed by atoms with van der Waals surface area (Å²) in [6.07, 6.45) is -0.230. The van der Waals surface area contributed by atoms with Gasteiger partial charge in [-0.1, -0.05) is 0 Å². The third-order valence-electron chi connectivity index (χ3n) is 2.33. The third kappa shape index (κ3) is 6.65. The maximum atomic E-state index is 11.1. The third-order valence-corrected chi connectivity index (χ3v) is 2.33. The fourth-order valence-corrected chi connectivity index (χ4v) is 0.982. The van der Waals surface area contributed by atoms with Crippen molar-refractivity contribution in [1.29, 1.82) is 5.26 Å². The van der Waals surface area contributed by atoms with Gasteiger partial charge in [-0.15, -0.1) is 0 Å². The van der Waals surface area contributed by atoms with Crippen LogP contribution >= 0.6 is 0 Å². The Bertz CT molecular complexity index is 238. The molecule has 88 valence electrons. The highest BCUT2D eigenvalue weighted by Crippen LogP contribution is 2.02. The molecule has 0 saturated carbocycles. The number of aliphatic hydroxyl groups excluding tert-OH is 1. The molecule has 0 aliphatic rings. The van der Waals surface area contributed by atoms with Crippen LogP contribution in [0.4, 0.5) is 0 Å². The second kappa shape index (κ2) is 7.84. The molecule has 0 radical (unpaired) electrons. The van der Waals surface area contributed by atoms with Gasteiger partial charge < -0.3 is 38.9 Å². The quantitative estimate of drug-likeness (QED) is 0.312. The van der Waals surface area contributed by atoms with Gasteiger partial charge in [0.2, 0.25) is 5.91 Å². The maximum Gasteiger partial charge on any atom is 0.238 e. The van der Waals surface area contributed by atoms with Crippen LogP contribution in [0.2, 0.25) is 0 Å². The van der Waals surface area contributed by atoms with Gasteiger partial charge in [0.25, 0.3) is 0 Å². The molecule has 2 N–H and O–H groups in total. The molecule has 1 unspecified atom stereocenters. The monoisotopic (exact) mass is 327 g/mol.